The molecule has 0 saturated heterocycles. The van der Waals surface area contributed by atoms with Gasteiger partial charge in [-0.2, -0.15) is 0 Å². The third-order valence-corrected chi connectivity index (χ3v) is 4.82. The fourth-order valence-corrected chi connectivity index (χ4v) is 2.90. The summed E-state index contributed by atoms with van der Waals surface area (Å²) in [7, 11) is 0. The second-order valence-corrected chi connectivity index (χ2v) is 5.75. The molecule has 0 amide bonds. The Morgan fingerprint density at radius 2 is 2.00 bits per heavy atom. The minimum atomic E-state index is 0.634. The molecule has 1 aromatic carbocycles. The third kappa shape index (κ3) is 1.56. The Bertz CT molecular complexity index is 388. The third-order valence-electron chi connectivity index (χ3n) is 2.93. The van der Waals surface area contributed by atoms with Crippen LogP contribution < -0.4 is 0 Å². The monoisotopic (exact) mass is 261 g/mol. The zero-order valence-corrected chi connectivity index (χ0v) is 11.4. The van der Waals surface area contributed by atoms with Crippen LogP contribution in [0.15, 0.2) is 23.8 Å². The van der Waals surface area contributed by atoms with Crippen LogP contribution in [-0.4, -0.2) is 0 Å². The van der Waals surface area contributed by atoms with Crippen molar-refractivity contribution in [3.05, 3.63) is 40.5 Å². The maximum atomic E-state index is 2.38. The SMILES string of the molecule is CC1=Cc2c(C(C)C)cccc2[CH]1[Zr]. The van der Waals surface area contributed by atoms with Gasteiger partial charge in [0.05, 0.1) is 0 Å². The van der Waals surface area contributed by atoms with E-state index in [1.807, 2.05) is 0 Å². The molecule has 0 aliphatic heterocycles. The summed E-state index contributed by atoms with van der Waals surface area (Å²) in [6.45, 7) is 6.80. The van der Waals surface area contributed by atoms with Gasteiger partial charge in [0.1, 0.15) is 0 Å². The predicted molar refractivity (Wildman–Crippen MR) is 56.9 cm³/mol. The molecule has 1 unspecified atom stereocenters. The van der Waals surface area contributed by atoms with Crippen molar-refractivity contribution in [3.8, 4) is 0 Å². The summed E-state index contributed by atoms with van der Waals surface area (Å²) in [6.07, 6.45) is 2.38. The Hall–Kier alpha value is -0.157. The average Bonchev–Trinajstić information content (AvgIpc) is 2.43. The zero-order chi connectivity index (χ0) is 10.3. The van der Waals surface area contributed by atoms with Crippen molar-refractivity contribution in [3.63, 3.8) is 0 Å². The van der Waals surface area contributed by atoms with E-state index in [2.05, 4.69) is 45.0 Å². The Labute approximate surface area is 101 Å². The van der Waals surface area contributed by atoms with Gasteiger partial charge >= 0.3 is 102 Å². The first-order valence-electron chi connectivity index (χ1n) is 5.13. The van der Waals surface area contributed by atoms with Crippen molar-refractivity contribution >= 4 is 6.08 Å². The van der Waals surface area contributed by atoms with E-state index in [0.717, 1.165) is 0 Å². The standard InChI is InChI=1S/C13H15.Zr/c1-9(2)12-6-4-5-11-7-10(3)8-13(11)12;/h4-9H,1-3H3;. The van der Waals surface area contributed by atoms with Crippen molar-refractivity contribution in [2.45, 2.75) is 30.3 Å². The van der Waals surface area contributed by atoms with E-state index in [9.17, 15) is 0 Å². The molecular formula is C13H15Zr. The van der Waals surface area contributed by atoms with Crippen molar-refractivity contribution in [2.75, 3.05) is 0 Å². The Morgan fingerprint density at radius 1 is 1.29 bits per heavy atom. The van der Waals surface area contributed by atoms with Crippen LogP contribution in [0, 0.1) is 0 Å². The van der Waals surface area contributed by atoms with Gasteiger partial charge in [0, 0.05) is 0 Å². The van der Waals surface area contributed by atoms with Gasteiger partial charge in [-0.05, 0) is 0 Å². The molecule has 0 N–H and O–H groups in total. The summed E-state index contributed by atoms with van der Waals surface area (Å²) in [5, 5.41) is 0. The summed E-state index contributed by atoms with van der Waals surface area (Å²) in [5.41, 5.74) is 6.09. The van der Waals surface area contributed by atoms with Crippen LogP contribution in [0.4, 0.5) is 0 Å². The zero-order valence-electron chi connectivity index (χ0n) is 8.96. The summed E-state index contributed by atoms with van der Waals surface area (Å²) >= 11 is 1.61. The molecule has 1 heteroatoms. The molecule has 0 spiro atoms. The predicted octanol–water partition coefficient (Wildman–Crippen LogP) is 3.81. The number of hydrogen-bond donors (Lipinski definition) is 0. The maximum absolute atomic E-state index is 2.38. The fourth-order valence-electron chi connectivity index (χ4n) is 2.08. The van der Waals surface area contributed by atoms with Gasteiger partial charge in [0.15, 0.2) is 0 Å². The molecule has 0 bridgehead atoms. The van der Waals surface area contributed by atoms with Gasteiger partial charge < -0.3 is 0 Å². The number of allylic oxidation sites excluding steroid dienone is 1. The van der Waals surface area contributed by atoms with Crippen molar-refractivity contribution in [1.29, 1.82) is 0 Å². The molecule has 14 heavy (non-hydrogen) atoms. The molecule has 71 valence electrons. The first-order valence-corrected chi connectivity index (χ1v) is 6.55. The van der Waals surface area contributed by atoms with Crippen LogP contribution in [-0.2, 0) is 24.7 Å². The number of fused-ring (bicyclic) bond motifs is 1. The molecule has 1 aromatic rings. The van der Waals surface area contributed by atoms with E-state index >= 15 is 0 Å². The summed E-state index contributed by atoms with van der Waals surface area (Å²) in [4.78, 5) is 0. The molecule has 0 fully saturated rings. The fraction of sp³-hybridized carbons (Fsp3) is 0.385. The van der Waals surface area contributed by atoms with Gasteiger partial charge in [-0.25, -0.2) is 0 Å². The Balaban J connectivity index is 2.59. The minimum absolute atomic E-state index is 0.634. The van der Waals surface area contributed by atoms with Crippen LogP contribution in [0.1, 0.15) is 47.0 Å². The second kappa shape index (κ2) is 3.78. The molecule has 0 saturated carbocycles. The molecule has 1 aliphatic carbocycles. The molecule has 0 nitrogen and oxygen atoms in total. The van der Waals surface area contributed by atoms with E-state index in [-0.39, 0.29) is 0 Å². The Morgan fingerprint density at radius 3 is 2.64 bits per heavy atom. The van der Waals surface area contributed by atoms with E-state index in [4.69, 9.17) is 0 Å². The van der Waals surface area contributed by atoms with E-state index in [1.165, 1.54) is 16.7 Å². The second-order valence-electron chi connectivity index (χ2n) is 4.33. The van der Waals surface area contributed by atoms with E-state index in [0.29, 0.717) is 9.54 Å². The number of rotatable bonds is 1. The normalized spacial score (nSPS) is 19.6. The van der Waals surface area contributed by atoms with Crippen LogP contribution in [0.2, 0.25) is 0 Å². The molecule has 1 aliphatic rings. The van der Waals surface area contributed by atoms with Gasteiger partial charge in [-0.1, -0.05) is 0 Å². The summed E-state index contributed by atoms with van der Waals surface area (Å²) in [5.74, 6) is 0.634. The van der Waals surface area contributed by atoms with Crippen LogP contribution >= 0.6 is 0 Å². The van der Waals surface area contributed by atoms with Crippen molar-refractivity contribution < 1.29 is 24.7 Å². The number of benzene rings is 1. The summed E-state index contributed by atoms with van der Waals surface area (Å²) in [6, 6.07) is 6.76. The molecule has 0 heterocycles. The molecular weight excluding hydrogens is 247 g/mol. The van der Waals surface area contributed by atoms with Gasteiger partial charge in [0.2, 0.25) is 0 Å². The van der Waals surface area contributed by atoms with Crippen LogP contribution in [0.3, 0.4) is 0 Å². The first-order chi connectivity index (χ1) is 6.61. The van der Waals surface area contributed by atoms with Gasteiger partial charge in [0.25, 0.3) is 0 Å². The van der Waals surface area contributed by atoms with Crippen molar-refractivity contribution in [2.24, 2.45) is 0 Å². The number of hydrogen-bond acceptors (Lipinski definition) is 0. The summed E-state index contributed by atoms with van der Waals surface area (Å²) < 4.78 is 0.705. The topological polar surface area (TPSA) is 0 Å². The molecule has 1 atom stereocenters. The quantitative estimate of drug-likeness (QED) is 0.722. The van der Waals surface area contributed by atoms with Crippen molar-refractivity contribution in [1.82, 2.24) is 0 Å². The van der Waals surface area contributed by atoms with E-state index in [1.54, 1.807) is 30.3 Å². The van der Waals surface area contributed by atoms with Crippen LogP contribution in [0.5, 0.6) is 0 Å². The van der Waals surface area contributed by atoms with E-state index < -0.39 is 0 Å². The van der Waals surface area contributed by atoms with Gasteiger partial charge in [-0.3, -0.25) is 0 Å². The average molecular weight is 262 g/mol. The first kappa shape index (κ1) is 10.4. The molecule has 0 radical (unpaired) electrons. The van der Waals surface area contributed by atoms with Crippen LogP contribution in [0.25, 0.3) is 6.08 Å². The molecule has 2 rings (SSSR count). The molecule has 0 aromatic heterocycles. The van der Waals surface area contributed by atoms with Gasteiger partial charge in [-0.15, -0.1) is 0 Å². The Kier molecular flexibility index (Phi) is 2.79.